The Kier molecular flexibility index (Phi) is 3.42. The Balaban J connectivity index is 1.85. The van der Waals surface area contributed by atoms with Gasteiger partial charge in [0, 0.05) is 6.61 Å². The van der Waals surface area contributed by atoms with Crippen LogP contribution in [0.4, 0.5) is 5.69 Å². The van der Waals surface area contributed by atoms with Gasteiger partial charge in [0.25, 0.3) is 5.91 Å². The maximum absolute atomic E-state index is 11.9. The summed E-state index contributed by atoms with van der Waals surface area (Å²) in [5.41, 5.74) is 3.48. The van der Waals surface area contributed by atoms with E-state index in [0.29, 0.717) is 12.8 Å². The first kappa shape index (κ1) is 12.5. The standard InChI is InChI=1S/C15H19NO3/c17-7-3-6-13-15(18)16-12-8-10-4-1-2-5-11(10)9-14(12)19-13/h8-9,13,17H,1-7H2,(H,16,18)/t13-/m0/s1. The lowest BCUT2D eigenvalue weighted by molar-refractivity contribution is -0.123. The number of aliphatic hydroxyl groups is 1. The molecule has 4 nitrogen and oxygen atoms in total. The largest absolute Gasteiger partial charge is 0.478 e. The Morgan fingerprint density at radius 2 is 2.00 bits per heavy atom. The number of hydrogen-bond donors (Lipinski definition) is 2. The molecule has 1 aromatic carbocycles. The molecule has 2 aliphatic rings. The third kappa shape index (κ3) is 2.45. The van der Waals surface area contributed by atoms with Crippen LogP contribution in [0, 0.1) is 0 Å². The first-order chi connectivity index (χ1) is 9.28. The van der Waals surface area contributed by atoms with Crippen molar-refractivity contribution in [2.45, 2.75) is 44.6 Å². The molecule has 0 unspecified atom stereocenters. The highest BCUT2D eigenvalue weighted by molar-refractivity contribution is 5.97. The zero-order chi connectivity index (χ0) is 13.2. The minimum absolute atomic E-state index is 0.0875. The molecule has 1 aliphatic carbocycles. The van der Waals surface area contributed by atoms with Crippen molar-refractivity contribution in [3.8, 4) is 5.75 Å². The zero-order valence-corrected chi connectivity index (χ0v) is 10.9. The van der Waals surface area contributed by atoms with Crippen LogP contribution < -0.4 is 10.1 Å². The Labute approximate surface area is 112 Å². The molecule has 102 valence electrons. The SMILES string of the molecule is O=C1Nc2cc3c(cc2O[C@H]1CCCO)CCCC3. The van der Waals surface area contributed by atoms with Gasteiger partial charge in [0.15, 0.2) is 6.10 Å². The van der Waals surface area contributed by atoms with Gasteiger partial charge in [-0.15, -0.1) is 0 Å². The lowest BCUT2D eigenvalue weighted by atomic mass is 9.90. The summed E-state index contributed by atoms with van der Waals surface area (Å²) in [4.78, 5) is 11.9. The Hall–Kier alpha value is -1.55. The van der Waals surface area contributed by atoms with E-state index in [2.05, 4.69) is 17.4 Å². The number of aryl methyl sites for hydroxylation is 2. The number of hydrogen-bond acceptors (Lipinski definition) is 3. The molecular formula is C15H19NO3. The van der Waals surface area contributed by atoms with Gasteiger partial charge in [-0.2, -0.15) is 0 Å². The van der Waals surface area contributed by atoms with Crippen LogP contribution in [0.2, 0.25) is 0 Å². The molecule has 2 N–H and O–H groups in total. The summed E-state index contributed by atoms with van der Waals surface area (Å²) in [6.07, 6.45) is 5.30. The third-order valence-corrected chi connectivity index (χ3v) is 3.89. The molecule has 1 aromatic rings. The smallest absolute Gasteiger partial charge is 0.265 e. The molecule has 3 rings (SSSR count). The van der Waals surface area contributed by atoms with Crippen molar-refractivity contribution in [2.24, 2.45) is 0 Å². The van der Waals surface area contributed by atoms with Gasteiger partial charge in [-0.1, -0.05) is 0 Å². The molecular weight excluding hydrogens is 242 g/mol. The highest BCUT2D eigenvalue weighted by atomic mass is 16.5. The number of fused-ring (bicyclic) bond motifs is 2. The van der Waals surface area contributed by atoms with E-state index in [1.54, 1.807) is 0 Å². The van der Waals surface area contributed by atoms with Crippen molar-refractivity contribution in [1.82, 2.24) is 0 Å². The fraction of sp³-hybridized carbons (Fsp3) is 0.533. The number of amides is 1. The van der Waals surface area contributed by atoms with Gasteiger partial charge < -0.3 is 15.2 Å². The molecule has 1 atom stereocenters. The number of rotatable bonds is 3. The molecule has 4 heteroatoms. The van der Waals surface area contributed by atoms with Crippen LogP contribution in [0.15, 0.2) is 12.1 Å². The van der Waals surface area contributed by atoms with Gasteiger partial charge in [-0.05, 0) is 61.8 Å². The second kappa shape index (κ2) is 5.21. The fourth-order valence-electron chi connectivity index (χ4n) is 2.85. The Morgan fingerprint density at radius 1 is 1.26 bits per heavy atom. The fourth-order valence-corrected chi connectivity index (χ4v) is 2.85. The number of ether oxygens (including phenoxy) is 1. The summed E-state index contributed by atoms with van der Waals surface area (Å²) in [5.74, 6) is 0.680. The molecule has 19 heavy (non-hydrogen) atoms. The van der Waals surface area contributed by atoms with Crippen molar-refractivity contribution in [3.63, 3.8) is 0 Å². The predicted molar refractivity (Wildman–Crippen MR) is 72.4 cm³/mol. The maximum atomic E-state index is 11.9. The molecule has 0 saturated heterocycles. The summed E-state index contributed by atoms with van der Waals surface area (Å²) in [6.45, 7) is 0.0875. The molecule has 0 bridgehead atoms. The van der Waals surface area contributed by atoms with Crippen molar-refractivity contribution < 1.29 is 14.6 Å². The van der Waals surface area contributed by atoms with Crippen LogP contribution in [0.5, 0.6) is 5.75 Å². The number of aliphatic hydroxyl groups excluding tert-OH is 1. The van der Waals surface area contributed by atoms with E-state index >= 15 is 0 Å². The first-order valence-electron chi connectivity index (χ1n) is 7.02. The summed E-state index contributed by atoms with van der Waals surface area (Å²) in [6, 6.07) is 4.14. The van der Waals surface area contributed by atoms with Gasteiger partial charge in [-0.3, -0.25) is 4.79 Å². The van der Waals surface area contributed by atoms with E-state index in [-0.39, 0.29) is 12.5 Å². The van der Waals surface area contributed by atoms with Gasteiger partial charge >= 0.3 is 0 Å². The van der Waals surface area contributed by atoms with Crippen LogP contribution in [-0.2, 0) is 17.6 Å². The molecule has 0 aromatic heterocycles. The molecule has 1 heterocycles. The van der Waals surface area contributed by atoms with Crippen LogP contribution >= 0.6 is 0 Å². The Morgan fingerprint density at radius 3 is 2.74 bits per heavy atom. The lowest BCUT2D eigenvalue weighted by Gasteiger charge is -2.28. The van der Waals surface area contributed by atoms with Crippen LogP contribution in [0.25, 0.3) is 0 Å². The van der Waals surface area contributed by atoms with E-state index in [9.17, 15) is 4.79 Å². The van der Waals surface area contributed by atoms with Crippen molar-refractivity contribution >= 4 is 11.6 Å². The van der Waals surface area contributed by atoms with Crippen LogP contribution in [0.1, 0.15) is 36.8 Å². The van der Waals surface area contributed by atoms with Crippen LogP contribution in [0.3, 0.4) is 0 Å². The van der Waals surface area contributed by atoms with E-state index in [1.165, 1.54) is 24.0 Å². The summed E-state index contributed by atoms with van der Waals surface area (Å²) < 4.78 is 5.79. The van der Waals surface area contributed by atoms with Crippen molar-refractivity contribution in [3.05, 3.63) is 23.3 Å². The van der Waals surface area contributed by atoms with Crippen molar-refractivity contribution in [1.29, 1.82) is 0 Å². The zero-order valence-electron chi connectivity index (χ0n) is 10.9. The second-order valence-corrected chi connectivity index (χ2v) is 5.29. The average Bonchev–Trinajstić information content (AvgIpc) is 2.43. The van der Waals surface area contributed by atoms with Gasteiger partial charge in [0.2, 0.25) is 0 Å². The normalized spacial score (nSPS) is 21.1. The van der Waals surface area contributed by atoms with E-state index < -0.39 is 6.10 Å². The predicted octanol–water partition coefficient (Wildman–Crippen LogP) is 2.04. The molecule has 0 fully saturated rings. The summed E-state index contributed by atoms with van der Waals surface area (Å²) >= 11 is 0. The number of carbonyl (C=O) groups excluding carboxylic acids is 1. The molecule has 1 amide bonds. The summed E-state index contributed by atoms with van der Waals surface area (Å²) in [5, 5.41) is 11.8. The van der Waals surface area contributed by atoms with Gasteiger partial charge in [0.1, 0.15) is 5.75 Å². The van der Waals surface area contributed by atoms with Gasteiger partial charge in [-0.25, -0.2) is 0 Å². The minimum atomic E-state index is -0.471. The topological polar surface area (TPSA) is 58.6 Å². The number of benzene rings is 1. The van der Waals surface area contributed by atoms with Crippen molar-refractivity contribution in [2.75, 3.05) is 11.9 Å². The van der Waals surface area contributed by atoms with E-state index in [0.717, 1.165) is 24.3 Å². The highest BCUT2D eigenvalue weighted by Crippen LogP contribution is 2.36. The highest BCUT2D eigenvalue weighted by Gasteiger charge is 2.28. The third-order valence-electron chi connectivity index (χ3n) is 3.89. The number of carbonyl (C=O) groups is 1. The number of nitrogens with one attached hydrogen (secondary N) is 1. The average molecular weight is 261 g/mol. The van der Waals surface area contributed by atoms with Crippen LogP contribution in [-0.4, -0.2) is 23.7 Å². The molecule has 0 saturated carbocycles. The molecule has 1 aliphatic heterocycles. The monoisotopic (exact) mass is 261 g/mol. The minimum Gasteiger partial charge on any atom is -0.478 e. The second-order valence-electron chi connectivity index (χ2n) is 5.29. The molecule has 0 radical (unpaired) electrons. The van der Waals surface area contributed by atoms with E-state index in [1.807, 2.05) is 0 Å². The Bertz CT molecular complexity index is 498. The number of anilines is 1. The molecule has 0 spiro atoms. The first-order valence-corrected chi connectivity index (χ1v) is 7.02. The van der Waals surface area contributed by atoms with E-state index in [4.69, 9.17) is 9.84 Å². The summed E-state index contributed by atoms with van der Waals surface area (Å²) in [7, 11) is 0. The van der Waals surface area contributed by atoms with Gasteiger partial charge in [0.05, 0.1) is 5.69 Å². The lowest BCUT2D eigenvalue weighted by Crippen LogP contribution is -2.37. The maximum Gasteiger partial charge on any atom is 0.265 e. The quantitative estimate of drug-likeness (QED) is 0.875.